The van der Waals surface area contributed by atoms with E-state index in [0.717, 1.165) is 10.0 Å². The molecule has 0 spiro atoms. The normalized spacial score (nSPS) is 10.5. The first-order valence-electron chi connectivity index (χ1n) is 6.51. The van der Waals surface area contributed by atoms with E-state index in [1.165, 1.54) is 0 Å². The van der Waals surface area contributed by atoms with Crippen LogP contribution in [0.2, 0.25) is 0 Å². The molecule has 0 atom stereocenters. The van der Waals surface area contributed by atoms with Crippen molar-refractivity contribution in [2.45, 2.75) is 6.42 Å². The quantitative estimate of drug-likeness (QED) is 0.654. The molecule has 3 aromatic rings. The highest BCUT2D eigenvalue weighted by Gasteiger charge is 2.12. The van der Waals surface area contributed by atoms with E-state index < -0.39 is 0 Å². The summed E-state index contributed by atoms with van der Waals surface area (Å²) in [6.45, 7) is 0. The smallest absolute Gasteiger partial charge is 0.226 e. The Kier molecular flexibility index (Phi) is 3.97. The van der Waals surface area contributed by atoms with E-state index in [1.54, 1.807) is 18.3 Å². The summed E-state index contributed by atoms with van der Waals surface area (Å²) in [5.41, 5.74) is 1.56. The molecule has 0 aliphatic rings. The second-order valence-electron chi connectivity index (χ2n) is 4.61. The average Bonchev–Trinajstić information content (AvgIpc) is 2.97. The number of rotatable bonds is 4. The Hall–Kier alpha value is -2.20. The Morgan fingerprint density at radius 3 is 2.67 bits per heavy atom. The van der Waals surface area contributed by atoms with E-state index >= 15 is 0 Å². The summed E-state index contributed by atoms with van der Waals surface area (Å²) < 4.78 is 6.62. The maximum atomic E-state index is 12.1. The molecule has 0 aliphatic carbocycles. The summed E-state index contributed by atoms with van der Waals surface area (Å²) in [6, 6.07) is 16.9. The van der Waals surface area contributed by atoms with E-state index in [1.807, 2.05) is 42.5 Å². The Labute approximate surface area is 130 Å². The number of aromatic nitrogens is 1. The number of nitrogens with zero attached hydrogens (tertiary/aromatic N) is 1. The fraction of sp³-hybridized carbons (Fsp3) is 0.0588. The van der Waals surface area contributed by atoms with Gasteiger partial charge in [0.1, 0.15) is 5.76 Å². The van der Waals surface area contributed by atoms with Gasteiger partial charge in [0.25, 0.3) is 0 Å². The van der Waals surface area contributed by atoms with Gasteiger partial charge in [-0.3, -0.25) is 4.79 Å². The lowest BCUT2D eigenvalue weighted by Gasteiger charge is -1.98. The van der Waals surface area contributed by atoms with Crippen LogP contribution in [-0.2, 0) is 6.42 Å². The van der Waals surface area contributed by atoms with Crippen molar-refractivity contribution < 1.29 is 9.21 Å². The van der Waals surface area contributed by atoms with E-state index in [-0.39, 0.29) is 12.2 Å². The van der Waals surface area contributed by atoms with Gasteiger partial charge in [-0.05, 0) is 18.2 Å². The van der Waals surface area contributed by atoms with Crippen LogP contribution in [0.3, 0.4) is 0 Å². The van der Waals surface area contributed by atoms with Crippen LogP contribution in [-0.4, -0.2) is 10.8 Å². The maximum absolute atomic E-state index is 12.1. The largest absolute Gasteiger partial charge is 0.441 e. The number of Topliss-reactive ketones (excluding diaryl/α,β-unsaturated/α-hetero) is 1. The first-order valence-corrected chi connectivity index (χ1v) is 7.30. The van der Waals surface area contributed by atoms with Gasteiger partial charge in [0, 0.05) is 15.6 Å². The van der Waals surface area contributed by atoms with Crippen molar-refractivity contribution in [3.05, 3.63) is 76.6 Å². The predicted octanol–water partition coefficient (Wildman–Crippen LogP) is 4.53. The number of oxazole rings is 1. The second-order valence-corrected chi connectivity index (χ2v) is 5.52. The summed E-state index contributed by atoms with van der Waals surface area (Å²) in [5, 5.41) is 0. The highest BCUT2D eigenvalue weighted by atomic mass is 79.9. The highest BCUT2D eigenvalue weighted by molar-refractivity contribution is 9.10. The van der Waals surface area contributed by atoms with Crippen molar-refractivity contribution in [3.8, 4) is 11.5 Å². The Morgan fingerprint density at radius 2 is 1.90 bits per heavy atom. The van der Waals surface area contributed by atoms with Crippen LogP contribution in [0, 0.1) is 0 Å². The number of ketones is 1. The van der Waals surface area contributed by atoms with Crippen LogP contribution in [0.1, 0.15) is 16.1 Å². The van der Waals surface area contributed by atoms with Crippen LogP contribution >= 0.6 is 15.9 Å². The van der Waals surface area contributed by atoms with Gasteiger partial charge in [-0.1, -0.05) is 52.3 Å². The van der Waals surface area contributed by atoms with Crippen molar-refractivity contribution in [2.24, 2.45) is 0 Å². The van der Waals surface area contributed by atoms with Crippen LogP contribution in [0.15, 0.2) is 69.7 Å². The van der Waals surface area contributed by atoms with Crippen molar-refractivity contribution >= 4 is 21.7 Å². The van der Waals surface area contributed by atoms with E-state index in [4.69, 9.17) is 4.42 Å². The summed E-state index contributed by atoms with van der Waals surface area (Å²) in [5.74, 6) is 1.11. The molecule has 3 nitrogen and oxygen atoms in total. The zero-order valence-electron chi connectivity index (χ0n) is 11.1. The first kappa shape index (κ1) is 13.8. The van der Waals surface area contributed by atoms with Gasteiger partial charge in [0.15, 0.2) is 5.78 Å². The van der Waals surface area contributed by atoms with Crippen LogP contribution in [0.4, 0.5) is 0 Å². The van der Waals surface area contributed by atoms with E-state index in [9.17, 15) is 4.79 Å². The molecule has 0 radical (unpaired) electrons. The SMILES string of the molecule is O=C(Cc1cnc(-c2cccc(Br)c2)o1)c1ccccc1. The summed E-state index contributed by atoms with van der Waals surface area (Å²) in [7, 11) is 0. The second kappa shape index (κ2) is 6.06. The lowest BCUT2D eigenvalue weighted by atomic mass is 10.1. The minimum absolute atomic E-state index is 0.0209. The number of hydrogen-bond acceptors (Lipinski definition) is 3. The molecule has 0 saturated heterocycles. The number of carbonyl (C=O) groups excluding carboxylic acids is 1. The molecule has 1 aromatic heterocycles. The third-order valence-corrected chi connectivity index (χ3v) is 3.55. The van der Waals surface area contributed by atoms with Gasteiger partial charge in [0.05, 0.1) is 12.6 Å². The van der Waals surface area contributed by atoms with Gasteiger partial charge in [-0.2, -0.15) is 0 Å². The number of halogens is 1. The van der Waals surface area contributed by atoms with E-state index in [0.29, 0.717) is 17.2 Å². The Morgan fingerprint density at radius 1 is 1.10 bits per heavy atom. The number of benzene rings is 2. The van der Waals surface area contributed by atoms with Crippen molar-refractivity contribution in [1.29, 1.82) is 0 Å². The third-order valence-electron chi connectivity index (χ3n) is 3.06. The zero-order valence-corrected chi connectivity index (χ0v) is 12.7. The zero-order chi connectivity index (χ0) is 14.7. The standard InChI is InChI=1S/C17H12BrNO2/c18-14-8-4-7-13(9-14)17-19-11-15(21-17)10-16(20)12-5-2-1-3-6-12/h1-9,11H,10H2. The van der Waals surface area contributed by atoms with Crippen molar-refractivity contribution in [1.82, 2.24) is 4.98 Å². The molecule has 3 rings (SSSR count). The highest BCUT2D eigenvalue weighted by Crippen LogP contribution is 2.23. The average molecular weight is 342 g/mol. The van der Waals surface area contributed by atoms with Crippen LogP contribution in [0.5, 0.6) is 0 Å². The summed E-state index contributed by atoms with van der Waals surface area (Å²) in [6.07, 6.45) is 1.82. The molecule has 21 heavy (non-hydrogen) atoms. The van der Waals surface area contributed by atoms with E-state index in [2.05, 4.69) is 20.9 Å². The Balaban J connectivity index is 1.78. The number of carbonyl (C=O) groups is 1. The summed E-state index contributed by atoms with van der Waals surface area (Å²) in [4.78, 5) is 16.4. The summed E-state index contributed by atoms with van der Waals surface area (Å²) >= 11 is 3.41. The predicted molar refractivity (Wildman–Crippen MR) is 84.1 cm³/mol. The van der Waals surface area contributed by atoms with Gasteiger partial charge >= 0.3 is 0 Å². The van der Waals surface area contributed by atoms with Gasteiger partial charge in [0.2, 0.25) is 5.89 Å². The third kappa shape index (κ3) is 3.28. The number of hydrogen-bond donors (Lipinski definition) is 0. The molecule has 0 bridgehead atoms. The van der Waals surface area contributed by atoms with Gasteiger partial charge in [-0.25, -0.2) is 4.98 Å². The molecule has 0 N–H and O–H groups in total. The molecule has 1 heterocycles. The minimum atomic E-state index is 0.0209. The molecule has 104 valence electrons. The van der Waals surface area contributed by atoms with Crippen molar-refractivity contribution in [3.63, 3.8) is 0 Å². The van der Waals surface area contributed by atoms with Gasteiger partial charge < -0.3 is 4.42 Å². The van der Waals surface area contributed by atoms with Crippen LogP contribution < -0.4 is 0 Å². The molecular weight excluding hydrogens is 330 g/mol. The molecule has 0 saturated carbocycles. The fourth-order valence-electron chi connectivity index (χ4n) is 2.03. The Bertz CT molecular complexity index is 765. The first-order chi connectivity index (χ1) is 10.2. The minimum Gasteiger partial charge on any atom is -0.441 e. The topological polar surface area (TPSA) is 43.1 Å². The van der Waals surface area contributed by atoms with Gasteiger partial charge in [-0.15, -0.1) is 0 Å². The maximum Gasteiger partial charge on any atom is 0.226 e. The molecule has 0 aliphatic heterocycles. The molecule has 0 fully saturated rings. The van der Waals surface area contributed by atoms with Crippen LogP contribution in [0.25, 0.3) is 11.5 Å². The van der Waals surface area contributed by atoms with Crippen molar-refractivity contribution in [2.75, 3.05) is 0 Å². The molecule has 0 unspecified atom stereocenters. The molecule has 0 amide bonds. The fourth-order valence-corrected chi connectivity index (χ4v) is 2.43. The lowest BCUT2D eigenvalue weighted by molar-refractivity contribution is 0.0987. The molecular formula is C17H12BrNO2. The molecule has 4 heteroatoms. The lowest BCUT2D eigenvalue weighted by Crippen LogP contribution is -2.02. The monoisotopic (exact) mass is 341 g/mol. The molecule has 2 aromatic carbocycles.